The third-order valence-electron chi connectivity index (χ3n) is 2.29. The predicted molar refractivity (Wildman–Crippen MR) is 66.4 cm³/mol. The van der Waals surface area contributed by atoms with E-state index in [1.165, 1.54) is 22.8 Å². The van der Waals surface area contributed by atoms with Crippen LogP contribution in [-0.2, 0) is 11.3 Å². The van der Waals surface area contributed by atoms with E-state index in [1.54, 1.807) is 0 Å². The minimum absolute atomic E-state index is 0.0141. The lowest BCUT2D eigenvalue weighted by molar-refractivity contribution is -0.122. The average molecular weight is 259 g/mol. The minimum atomic E-state index is -0.185. The number of nitrogens with zero attached hydrogens (tertiary/aromatic N) is 3. The van der Waals surface area contributed by atoms with Crippen molar-refractivity contribution in [3.63, 3.8) is 0 Å². The van der Waals surface area contributed by atoms with Crippen molar-refractivity contribution in [1.29, 1.82) is 0 Å². The van der Waals surface area contributed by atoms with Crippen LogP contribution in [0.25, 0.3) is 0 Å². The third kappa shape index (κ3) is 4.23. The number of hydrogen-bond acceptors (Lipinski definition) is 6. The molecule has 2 atom stereocenters. The highest BCUT2D eigenvalue weighted by atomic mass is 32.2. The summed E-state index contributed by atoms with van der Waals surface area (Å²) in [5.74, 6) is -0.0434. The second-order valence-corrected chi connectivity index (χ2v) is 4.69. The van der Waals surface area contributed by atoms with Crippen LogP contribution in [0.15, 0.2) is 6.33 Å². The maximum Gasteiger partial charge on any atom is 0.242 e. The van der Waals surface area contributed by atoms with Gasteiger partial charge in [0, 0.05) is 11.3 Å². The number of aliphatic hydroxyl groups excluding tert-OH is 1. The maximum atomic E-state index is 11.6. The lowest BCUT2D eigenvalue weighted by atomic mass is 10.2. The molecule has 0 spiro atoms. The predicted octanol–water partition coefficient (Wildman–Crippen LogP) is -0.911. The first kappa shape index (κ1) is 13.8. The summed E-state index contributed by atoms with van der Waals surface area (Å²) in [5.41, 5.74) is 5.34. The molecule has 17 heavy (non-hydrogen) atoms. The fourth-order valence-corrected chi connectivity index (χ4v) is 1.99. The van der Waals surface area contributed by atoms with Gasteiger partial charge in [0.25, 0.3) is 0 Å². The molecule has 0 saturated heterocycles. The number of thioether (sulfide) groups is 1. The summed E-state index contributed by atoms with van der Waals surface area (Å²) >= 11 is 1.51. The molecule has 96 valence electrons. The first-order valence-electron chi connectivity index (χ1n) is 5.14. The van der Waals surface area contributed by atoms with Crippen molar-refractivity contribution in [2.24, 2.45) is 0 Å². The summed E-state index contributed by atoms with van der Waals surface area (Å²) in [6, 6.07) is -0.108. The Balaban J connectivity index is 2.44. The van der Waals surface area contributed by atoms with Gasteiger partial charge in [0.2, 0.25) is 11.9 Å². The number of hydrogen-bond donors (Lipinski definition) is 3. The van der Waals surface area contributed by atoms with Crippen LogP contribution in [0.2, 0.25) is 0 Å². The molecule has 1 aromatic heterocycles. The van der Waals surface area contributed by atoms with E-state index in [0.29, 0.717) is 0 Å². The number of anilines is 1. The van der Waals surface area contributed by atoms with E-state index in [9.17, 15) is 4.79 Å². The van der Waals surface area contributed by atoms with E-state index in [1.807, 2.05) is 13.2 Å². The van der Waals surface area contributed by atoms with Gasteiger partial charge in [0.15, 0.2) is 0 Å². The molecule has 0 fully saturated rings. The van der Waals surface area contributed by atoms with E-state index < -0.39 is 0 Å². The van der Waals surface area contributed by atoms with Gasteiger partial charge in [0.05, 0.1) is 6.61 Å². The van der Waals surface area contributed by atoms with Crippen molar-refractivity contribution in [3.05, 3.63) is 6.33 Å². The first-order valence-corrected chi connectivity index (χ1v) is 6.43. The van der Waals surface area contributed by atoms with E-state index in [-0.39, 0.29) is 36.3 Å². The molecule has 1 amide bonds. The van der Waals surface area contributed by atoms with Crippen LogP contribution < -0.4 is 11.1 Å². The van der Waals surface area contributed by atoms with Crippen molar-refractivity contribution in [3.8, 4) is 0 Å². The van der Waals surface area contributed by atoms with E-state index in [4.69, 9.17) is 10.8 Å². The molecule has 0 aliphatic rings. The van der Waals surface area contributed by atoms with E-state index in [2.05, 4.69) is 15.4 Å². The Bertz CT molecular complexity index is 366. The van der Waals surface area contributed by atoms with Crippen molar-refractivity contribution < 1.29 is 9.90 Å². The van der Waals surface area contributed by atoms with Crippen molar-refractivity contribution in [1.82, 2.24) is 20.1 Å². The average Bonchev–Trinajstić information content (AvgIpc) is 2.65. The molecule has 1 rings (SSSR count). The summed E-state index contributed by atoms with van der Waals surface area (Å²) in [6.45, 7) is 1.95. The van der Waals surface area contributed by atoms with Gasteiger partial charge in [-0.05, 0) is 13.2 Å². The number of nitrogens with two attached hydrogens (primary N) is 1. The highest BCUT2D eigenvalue weighted by Crippen LogP contribution is 2.10. The van der Waals surface area contributed by atoms with Crippen LogP contribution in [0.3, 0.4) is 0 Å². The summed E-state index contributed by atoms with van der Waals surface area (Å²) in [5, 5.41) is 15.7. The largest absolute Gasteiger partial charge is 0.395 e. The topological polar surface area (TPSA) is 106 Å². The fourth-order valence-electron chi connectivity index (χ4n) is 1.36. The molecular weight excluding hydrogens is 242 g/mol. The minimum Gasteiger partial charge on any atom is -0.395 e. The summed E-state index contributed by atoms with van der Waals surface area (Å²) in [7, 11) is 0. The Kier molecular flexibility index (Phi) is 5.23. The molecule has 0 aliphatic carbocycles. The Morgan fingerprint density at radius 1 is 1.76 bits per heavy atom. The molecule has 0 aliphatic heterocycles. The zero-order valence-electron chi connectivity index (χ0n) is 9.83. The SMILES string of the molecule is CSC(CO)C(C)NC(=O)Cn1cnc(N)n1. The molecule has 0 saturated carbocycles. The van der Waals surface area contributed by atoms with Crippen LogP contribution in [0.1, 0.15) is 6.92 Å². The molecule has 0 radical (unpaired) electrons. The standard InChI is InChI=1S/C9H17N5O2S/c1-6(7(4-15)17-2)12-8(16)3-14-5-11-9(10)13-14/h5-7,15H,3-4H2,1-2H3,(H2,10,13)(H,12,16). The number of aliphatic hydroxyl groups is 1. The number of carbonyl (C=O) groups excluding carboxylic acids is 1. The number of amides is 1. The summed E-state index contributed by atoms with van der Waals surface area (Å²) in [6.07, 6.45) is 3.29. The Morgan fingerprint density at radius 2 is 2.47 bits per heavy atom. The second kappa shape index (κ2) is 6.45. The number of nitrogens with one attached hydrogen (secondary N) is 1. The Labute approximate surface area is 104 Å². The quantitative estimate of drug-likeness (QED) is 0.610. The van der Waals surface area contributed by atoms with Crippen molar-refractivity contribution in [2.45, 2.75) is 24.8 Å². The van der Waals surface area contributed by atoms with Crippen molar-refractivity contribution in [2.75, 3.05) is 18.6 Å². The molecule has 7 nitrogen and oxygen atoms in total. The van der Waals surface area contributed by atoms with Gasteiger partial charge in [-0.2, -0.15) is 11.8 Å². The molecule has 2 unspecified atom stereocenters. The van der Waals surface area contributed by atoms with Crippen LogP contribution in [0.4, 0.5) is 5.95 Å². The Hall–Kier alpha value is -1.28. The first-order chi connectivity index (χ1) is 8.06. The summed E-state index contributed by atoms with van der Waals surface area (Å²) in [4.78, 5) is 15.4. The molecular formula is C9H17N5O2S. The van der Waals surface area contributed by atoms with Gasteiger partial charge in [-0.1, -0.05) is 0 Å². The highest BCUT2D eigenvalue weighted by molar-refractivity contribution is 7.99. The molecule has 4 N–H and O–H groups in total. The summed E-state index contributed by atoms with van der Waals surface area (Å²) < 4.78 is 1.37. The van der Waals surface area contributed by atoms with Gasteiger partial charge >= 0.3 is 0 Å². The fraction of sp³-hybridized carbons (Fsp3) is 0.667. The normalized spacial score (nSPS) is 14.3. The number of carbonyl (C=O) groups is 1. The maximum absolute atomic E-state index is 11.6. The van der Waals surface area contributed by atoms with Crippen LogP contribution in [-0.4, -0.2) is 49.9 Å². The molecule has 0 bridgehead atoms. The molecule has 0 aromatic carbocycles. The molecule has 8 heteroatoms. The van der Waals surface area contributed by atoms with Crippen molar-refractivity contribution >= 4 is 23.6 Å². The van der Waals surface area contributed by atoms with Crippen LogP contribution in [0, 0.1) is 0 Å². The number of rotatable bonds is 6. The van der Waals surface area contributed by atoms with Gasteiger partial charge < -0.3 is 16.2 Å². The number of nitrogen functional groups attached to an aromatic ring is 1. The van der Waals surface area contributed by atoms with Gasteiger partial charge in [-0.15, -0.1) is 5.10 Å². The van der Waals surface area contributed by atoms with Gasteiger partial charge in [-0.3, -0.25) is 4.79 Å². The monoisotopic (exact) mass is 259 g/mol. The Morgan fingerprint density at radius 3 is 2.94 bits per heavy atom. The zero-order chi connectivity index (χ0) is 12.8. The zero-order valence-corrected chi connectivity index (χ0v) is 10.6. The smallest absolute Gasteiger partial charge is 0.242 e. The van der Waals surface area contributed by atoms with E-state index >= 15 is 0 Å². The van der Waals surface area contributed by atoms with Crippen LogP contribution >= 0.6 is 11.8 Å². The number of aromatic nitrogens is 3. The lowest BCUT2D eigenvalue weighted by Gasteiger charge is -2.21. The molecule has 1 aromatic rings. The third-order valence-corrected chi connectivity index (χ3v) is 3.45. The van der Waals surface area contributed by atoms with Gasteiger partial charge in [0.1, 0.15) is 12.9 Å². The van der Waals surface area contributed by atoms with E-state index in [0.717, 1.165) is 0 Å². The second-order valence-electron chi connectivity index (χ2n) is 3.61. The lowest BCUT2D eigenvalue weighted by Crippen LogP contribution is -2.42. The van der Waals surface area contributed by atoms with Crippen LogP contribution in [0.5, 0.6) is 0 Å². The molecule has 1 heterocycles. The highest BCUT2D eigenvalue weighted by Gasteiger charge is 2.17. The van der Waals surface area contributed by atoms with Gasteiger partial charge in [-0.25, -0.2) is 9.67 Å².